The molecule has 0 saturated carbocycles. The van der Waals surface area contributed by atoms with Crippen LogP contribution in [-0.2, 0) is 14.3 Å². The van der Waals surface area contributed by atoms with E-state index in [2.05, 4.69) is 15.5 Å². The van der Waals surface area contributed by atoms with Gasteiger partial charge in [0.05, 0.1) is 5.52 Å². The molecule has 4 rings (SSSR count). The van der Waals surface area contributed by atoms with E-state index >= 15 is 0 Å². The number of carbonyl (C=O) groups excluding carboxylic acids is 3. The number of nitrogens with zero attached hydrogens (tertiary/aromatic N) is 2. The van der Waals surface area contributed by atoms with Gasteiger partial charge in [-0.1, -0.05) is 36.4 Å². The third kappa shape index (κ3) is 4.32. The van der Waals surface area contributed by atoms with Crippen LogP contribution in [-0.4, -0.2) is 52.6 Å². The first-order valence-corrected chi connectivity index (χ1v) is 9.86. The van der Waals surface area contributed by atoms with Gasteiger partial charge in [-0.15, -0.1) is 0 Å². The summed E-state index contributed by atoms with van der Waals surface area (Å²) in [4.78, 5) is 38.7. The van der Waals surface area contributed by atoms with E-state index in [1.165, 1.54) is 0 Å². The van der Waals surface area contributed by atoms with Crippen LogP contribution in [0.2, 0.25) is 0 Å². The number of piperidine rings is 1. The van der Waals surface area contributed by atoms with Crippen molar-refractivity contribution in [1.82, 2.24) is 15.1 Å². The normalized spacial score (nSPS) is 14.5. The number of likely N-dealkylation sites (tertiary alicyclic amines) is 1. The number of nitrogens with one attached hydrogen (secondary N) is 2. The molecule has 3 aromatic rings. The summed E-state index contributed by atoms with van der Waals surface area (Å²) in [6, 6.07) is 16.5. The molecule has 1 fully saturated rings. The van der Waals surface area contributed by atoms with E-state index < -0.39 is 5.97 Å². The number of amides is 2. The number of aromatic nitrogens is 2. The molecule has 30 heavy (non-hydrogen) atoms. The van der Waals surface area contributed by atoms with E-state index in [0.717, 1.165) is 11.2 Å². The highest BCUT2D eigenvalue weighted by atomic mass is 16.5. The summed E-state index contributed by atoms with van der Waals surface area (Å²) in [7, 11) is 0. The van der Waals surface area contributed by atoms with Gasteiger partial charge >= 0.3 is 5.97 Å². The Morgan fingerprint density at radius 2 is 1.73 bits per heavy atom. The first kappa shape index (κ1) is 19.6. The molecule has 0 radical (unpaired) electrons. The van der Waals surface area contributed by atoms with Crippen molar-refractivity contribution in [2.45, 2.75) is 12.8 Å². The third-order valence-electron chi connectivity index (χ3n) is 5.25. The minimum Gasteiger partial charge on any atom is -0.451 e. The molecule has 0 aliphatic carbocycles. The van der Waals surface area contributed by atoms with Crippen molar-refractivity contribution in [3.8, 4) is 0 Å². The molecule has 0 spiro atoms. The number of anilines is 1. The Balaban J connectivity index is 1.25. The van der Waals surface area contributed by atoms with Crippen LogP contribution >= 0.6 is 0 Å². The van der Waals surface area contributed by atoms with Gasteiger partial charge < -0.3 is 15.0 Å². The molecule has 2 heterocycles. The molecule has 1 aliphatic rings. The van der Waals surface area contributed by atoms with Crippen molar-refractivity contribution >= 4 is 34.4 Å². The Kier molecular flexibility index (Phi) is 5.74. The van der Waals surface area contributed by atoms with Gasteiger partial charge in [0.15, 0.2) is 12.3 Å². The lowest BCUT2D eigenvalue weighted by Crippen LogP contribution is -2.43. The zero-order valence-electron chi connectivity index (χ0n) is 16.3. The molecule has 2 amide bonds. The third-order valence-corrected chi connectivity index (χ3v) is 5.25. The predicted molar refractivity (Wildman–Crippen MR) is 111 cm³/mol. The van der Waals surface area contributed by atoms with Crippen molar-refractivity contribution in [3.63, 3.8) is 0 Å². The van der Waals surface area contributed by atoms with Gasteiger partial charge in [-0.05, 0) is 31.0 Å². The van der Waals surface area contributed by atoms with E-state index in [1.54, 1.807) is 17.0 Å². The Morgan fingerprint density at radius 3 is 2.50 bits per heavy atom. The number of hydrogen-bond acceptors (Lipinski definition) is 5. The Morgan fingerprint density at radius 1 is 1.03 bits per heavy atom. The van der Waals surface area contributed by atoms with E-state index in [0.29, 0.717) is 31.3 Å². The van der Waals surface area contributed by atoms with Crippen LogP contribution in [0.25, 0.3) is 10.9 Å². The fourth-order valence-corrected chi connectivity index (χ4v) is 3.56. The smallest absolute Gasteiger partial charge is 0.359 e. The van der Waals surface area contributed by atoms with Crippen LogP contribution < -0.4 is 5.32 Å². The molecular formula is C22H22N4O4. The number of fused-ring (bicyclic) bond motifs is 1. The van der Waals surface area contributed by atoms with Crippen LogP contribution in [0.5, 0.6) is 0 Å². The van der Waals surface area contributed by atoms with Gasteiger partial charge in [0, 0.05) is 30.1 Å². The van der Waals surface area contributed by atoms with Crippen molar-refractivity contribution in [2.24, 2.45) is 5.92 Å². The second kappa shape index (κ2) is 8.77. The van der Waals surface area contributed by atoms with Crippen LogP contribution in [0.15, 0.2) is 54.6 Å². The molecule has 1 aliphatic heterocycles. The summed E-state index contributed by atoms with van der Waals surface area (Å²) in [6.45, 7) is 0.560. The summed E-state index contributed by atoms with van der Waals surface area (Å²) >= 11 is 0. The van der Waals surface area contributed by atoms with E-state index in [1.807, 2.05) is 42.5 Å². The molecule has 1 aromatic heterocycles. The molecule has 0 bridgehead atoms. The molecule has 2 N–H and O–H groups in total. The highest BCUT2D eigenvalue weighted by Gasteiger charge is 2.28. The van der Waals surface area contributed by atoms with E-state index in [4.69, 9.17) is 4.74 Å². The average Bonchev–Trinajstić information content (AvgIpc) is 3.22. The van der Waals surface area contributed by atoms with Crippen LogP contribution in [0, 0.1) is 5.92 Å². The van der Waals surface area contributed by atoms with Crippen LogP contribution in [0.1, 0.15) is 23.3 Å². The Bertz CT molecular complexity index is 1060. The largest absolute Gasteiger partial charge is 0.451 e. The number of para-hydroxylation sites is 2. The summed E-state index contributed by atoms with van der Waals surface area (Å²) in [5.74, 6) is -1.10. The number of rotatable bonds is 5. The molecular weight excluding hydrogens is 384 g/mol. The minimum atomic E-state index is -0.641. The fourth-order valence-electron chi connectivity index (χ4n) is 3.56. The minimum absolute atomic E-state index is 0.0369. The number of esters is 1. The van der Waals surface area contributed by atoms with Crippen molar-refractivity contribution in [2.75, 3.05) is 25.0 Å². The lowest BCUT2D eigenvalue weighted by molar-refractivity contribution is -0.137. The van der Waals surface area contributed by atoms with Gasteiger partial charge in [-0.25, -0.2) is 4.79 Å². The molecule has 0 atom stereocenters. The van der Waals surface area contributed by atoms with Gasteiger partial charge in [0.25, 0.3) is 5.91 Å². The first-order chi connectivity index (χ1) is 14.6. The van der Waals surface area contributed by atoms with Gasteiger partial charge in [-0.2, -0.15) is 5.10 Å². The van der Waals surface area contributed by atoms with Crippen molar-refractivity contribution in [3.05, 3.63) is 60.3 Å². The van der Waals surface area contributed by atoms with Gasteiger partial charge in [-0.3, -0.25) is 14.7 Å². The topological polar surface area (TPSA) is 104 Å². The number of H-pyrrole nitrogens is 1. The number of aromatic amines is 1. The maximum atomic E-state index is 12.4. The zero-order chi connectivity index (χ0) is 20.9. The predicted octanol–water partition coefficient (Wildman–Crippen LogP) is 2.60. The molecule has 0 unspecified atom stereocenters. The average molecular weight is 406 g/mol. The molecule has 8 nitrogen and oxygen atoms in total. The summed E-state index contributed by atoms with van der Waals surface area (Å²) in [5.41, 5.74) is 1.65. The molecule has 1 saturated heterocycles. The number of benzene rings is 2. The van der Waals surface area contributed by atoms with E-state index in [9.17, 15) is 14.4 Å². The number of carbonyl (C=O) groups is 3. The van der Waals surface area contributed by atoms with E-state index in [-0.39, 0.29) is 30.0 Å². The lowest BCUT2D eigenvalue weighted by Gasteiger charge is -2.31. The summed E-state index contributed by atoms with van der Waals surface area (Å²) in [6.07, 6.45) is 1.14. The fraction of sp³-hybridized carbons (Fsp3) is 0.273. The number of hydrogen-bond donors (Lipinski definition) is 2. The molecule has 2 aromatic carbocycles. The first-order valence-electron chi connectivity index (χ1n) is 9.86. The lowest BCUT2D eigenvalue weighted by atomic mass is 9.95. The maximum Gasteiger partial charge on any atom is 0.359 e. The molecule has 8 heteroatoms. The van der Waals surface area contributed by atoms with Crippen molar-refractivity contribution < 1.29 is 19.1 Å². The second-order valence-electron chi connectivity index (χ2n) is 7.20. The van der Waals surface area contributed by atoms with Gasteiger partial charge in [0.2, 0.25) is 5.91 Å². The molecule has 154 valence electrons. The van der Waals surface area contributed by atoms with Crippen molar-refractivity contribution in [1.29, 1.82) is 0 Å². The SMILES string of the molecule is O=C(OCC(=O)N1CCC(C(=O)Nc2ccccc2)CC1)c1n[nH]c2ccccc12. The zero-order valence-corrected chi connectivity index (χ0v) is 16.3. The number of ether oxygens (including phenoxy) is 1. The second-order valence-corrected chi connectivity index (χ2v) is 7.20. The highest BCUT2D eigenvalue weighted by molar-refractivity contribution is 6.02. The highest BCUT2D eigenvalue weighted by Crippen LogP contribution is 2.20. The summed E-state index contributed by atoms with van der Waals surface area (Å²) in [5, 5.41) is 10.3. The Labute approximate surface area is 173 Å². The monoisotopic (exact) mass is 406 g/mol. The summed E-state index contributed by atoms with van der Waals surface area (Å²) < 4.78 is 5.17. The van der Waals surface area contributed by atoms with Gasteiger partial charge in [0.1, 0.15) is 0 Å². The van der Waals surface area contributed by atoms with Crippen LogP contribution in [0.3, 0.4) is 0 Å². The standard InChI is InChI=1S/C22H22N4O4/c27-19(14-30-22(29)20-17-8-4-5-9-18(17)24-25-20)26-12-10-15(11-13-26)21(28)23-16-6-2-1-3-7-16/h1-9,15H,10-14H2,(H,23,28)(H,24,25). The quantitative estimate of drug-likeness (QED) is 0.634. The van der Waals surface area contributed by atoms with Crippen LogP contribution in [0.4, 0.5) is 5.69 Å². The maximum absolute atomic E-state index is 12.4. The Hall–Kier alpha value is -3.68.